The molecule has 1 aliphatic rings. The van der Waals surface area contributed by atoms with E-state index in [0.29, 0.717) is 22.6 Å². The molecule has 10 nitrogen and oxygen atoms in total. The molecule has 10 heteroatoms. The number of hydrogen-bond acceptors (Lipinski definition) is 10. The highest BCUT2D eigenvalue weighted by Crippen LogP contribution is 2.54. The van der Waals surface area contributed by atoms with Gasteiger partial charge in [0, 0.05) is 23.8 Å². The predicted octanol–water partition coefficient (Wildman–Crippen LogP) is 5.67. The number of benzene rings is 4. The molecule has 0 saturated carbocycles. The number of rotatable bonds is 5. The van der Waals surface area contributed by atoms with E-state index in [1.165, 1.54) is 20.3 Å². The van der Waals surface area contributed by atoms with Crippen LogP contribution >= 0.6 is 0 Å². The van der Waals surface area contributed by atoms with Gasteiger partial charge in [-0.2, -0.15) is 0 Å². The molecule has 1 aliphatic heterocycles. The molecule has 42 heavy (non-hydrogen) atoms. The quantitative estimate of drug-likeness (QED) is 0.208. The summed E-state index contributed by atoms with van der Waals surface area (Å²) in [6.45, 7) is 0. The SMILES string of the molecule is COc1ccc(-c2cc(=O)c3c(O)cc(O)c(-c4c(O)cc(O)c5c4O[C@@H](c4ccc(OC)cc4)CC5=O)c3o2)cc1. The fourth-order valence-electron chi connectivity index (χ4n) is 5.16. The summed E-state index contributed by atoms with van der Waals surface area (Å²) >= 11 is 0. The van der Waals surface area contributed by atoms with Gasteiger partial charge >= 0.3 is 0 Å². The number of carbonyl (C=O) groups is 1. The average molecular weight is 569 g/mol. The highest BCUT2D eigenvalue weighted by molar-refractivity contribution is 6.09. The lowest BCUT2D eigenvalue weighted by molar-refractivity contribution is 0.0846. The predicted molar refractivity (Wildman–Crippen MR) is 152 cm³/mol. The average Bonchev–Trinajstić information content (AvgIpc) is 2.97. The molecule has 0 radical (unpaired) electrons. The van der Waals surface area contributed by atoms with Crippen molar-refractivity contribution in [3.63, 3.8) is 0 Å². The van der Waals surface area contributed by atoms with Gasteiger partial charge in [-0.3, -0.25) is 9.59 Å². The molecule has 0 spiro atoms. The number of phenolic OH excluding ortho intramolecular Hbond substituents is 4. The Kier molecular flexibility index (Phi) is 6.38. The summed E-state index contributed by atoms with van der Waals surface area (Å²) in [5.41, 5.74) is -0.401. The Morgan fingerprint density at radius 1 is 0.714 bits per heavy atom. The minimum atomic E-state index is -0.816. The molecule has 212 valence electrons. The highest BCUT2D eigenvalue weighted by atomic mass is 16.5. The number of fused-ring (bicyclic) bond motifs is 2. The molecule has 2 heterocycles. The maximum absolute atomic E-state index is 13.3. The topological polar surface area (TPSA) is 156 Å². The molecule has 0 unspecified atom stereocenters. The van der Waals surface area contributed by atoms with Gasteiger partial charge in [0.25, 0.3) is 0 Å². The second-order valence-electron chi connectivity index (χ2n) is 9.70. The molecule has 0 aliphatic carbocycles. The van der Waals surface area contributed by atoms with Gasteiger partial charge in [0.2, 0.25) is 0 Å². The van der Waals surface area contributed by atoms with Gasteiger partial charge in [0.15, 0.2) is 16.8 Å². The molecular formula is C32H24O10. The van der Waals surface area contributed by atoms with Gasteiger partial charge in [-0.15, -0.1) is 0 Å². The Balaban J connectivity index is 1.61. The summed E-state index contributed by atoms with van der Waals surface area (Å²) in [4.78, 5) is 26.6. The monoisotopic (exact) mass is 568 g/mol. The van der Waals surface area contributed by atoms with Crippen LogP contribution in [0.2, 0.25) is 0 Å². The molecule has 4 aromatic carbocycles. The number of methoxy groups -OCH3 is 2. The van der Waals surface area contributed by atoms with Crippen molar-refractivity contribution in [2.75, 3.05) is 14.2 Å². The largest absolute Gasteiger partial charge is 0.507 e. The van der Waals surface area contributed by atoms with Crippen LogP contribution in [0.15, 0.2) is 75.9 Å². The first kappa shape index (κ1) is 26.6. The van der Waals surface area contributed by atoms with Gasteiger partial charge in [-0.1, -0.05) is 12.1 Å². The number of ether oxygens (including phenoxy) is 3. The summed E-state index contributed by atoms with van der Waals surface area (Å²) in [7, 11) is 3.04. The molecule has 1 aromatic heterocycles. The normalized spacial score (nSPS) is 14.3. The third kappa shape index (κ3) is 4.29. The first-order valence-corrected chi connectivity index (χ1v) is 12.8. The fourth-order valence-corrected chi connectivity index (χ4v) is 5.16. The van der Waals surface area contributed by atoms with Crippen LogP contribution in [0, 0.1) is 0 Å². The second-order valence-corrected chi connectivity index (χ2v) is 9.70. The van der Waals surface area contributed by atoms with Crippen LogP contribution in [-0.4, -0.2) is 40.4 Å². The van der Waals surface area contributed by atoms with E-state index in [4.69, 9.17) is 18.6 Å². The van der Waals surface area contributed by atoms with Crippen molar-refractivity contribution in [2.24, 2.45) is 0 Å². The van der Waals surface area contributed by atoms with Crippen molar-refractivity contribution in [3.05, 3.63) is 88.1 Å². The minimum absolute atomic E-state index is 0.0987. The van der Waals surface area contributed by atoms with E-state index in [2.05, 4.69) is 0 Å². The highest BCUT2D eigenvalue weighted by Gasteiger charge is 2.36. The Bertz CT molecular complexity index is 1920. The van der Waals surface area contributed by atoms with E-state index < -0.39 is 40.3 Å². The van der Waals surface area contributed by atoms with Gasteiger partial charge in [0.05, 0.1) is 31.8 Å². The van der Waals surface area contributed by atoms with Crippen LogP contribution in [0.1, 0.15) is 28.4 Å². The van der Waals surface area contributed by atoms with Gasteiger partial charge in [0.1, 0.15) is 63.1 Å². The van der Waals surface area contributed by atoms with E-state index in [9.17, 15) is 30.0 Å². The molecule has 1 atom stereocenters. The fraction of sp³-hybridized carbons (Fsp3) is 0.125. The third-order valence-electron chi connectivity index (χ3n) is 7.22. The van der Waals surface area contributed by atoms with Gasteiger partial charge in [-0.05, 0) is 42.0 Å². The lowest BCUT2D eigenvalue weighted by Crippen LogP contribution is -2.21. The first-order chi connectivity index (χ1) is 20.2. The molecule has 0 amide bonds. The van der Waals surface area contributed by atoms with E-state index >= 15 is 0 Å². The Morgan fingerprint density at radius 3 is 1.93 bits per heavy atom. The molecule has 0 saturated heterocycles. The number of phenols is 4. The van der Waals surface area contributed by atoms with E-state index in [-0.39, 0.29) is 45.6 Å². The van der Waals surface area contributed by atoms with Crippen molar-refractivity contribution in [1.29, 1.82) is 0 Å². The second kappa shape index (κ2) is 10.1. The van der Waals surface area contributed by atoms with Crippen LogP contribution in [-0.2, 0) is 0 Å². The van der Waals surface area contributed by atoms with Crippen molar-refractivity contribution in [3.8, 4) is 62.7 Å². The van der Waals surface area contributed by atoms with E-state index in [1.807, 2.05) is 0 Å². The van der Waals surface area contributed by atoms with Crippen LogP contribution < -0.4 is 19.6 Å². The summed E-state index contributed by atoms with van der Waals surface area (Å²) in [6.07, 6.45) is -0.931. The number of ketones is 1. The zero-order valence-electron chi connectivity index (χ0n) is 22.4. The Morgan fingerprint density at radius 2 is 1.29 bits per heavy atom. The van der Waals surface area contributed by atoms with Crippen LogP contribution in [0.3, 0.4) is 0 Å². The maximum atomic E-state index is 13.3. The molecule has 0 bridgehead atoms. The van der Waals surface area contributed by atoms with Crippen molar-refractivity contribution in [1.82, 2.24) is 0 Å². The Labute approximate surface area is 238 Å². The number of aromatic hydroxyl groups is 4. The third-order valence-corrected chi connectivity index (χ3v) is 7.22. The van der Waals surface area contributed by atoms with Crippen molar-refractivity contribution < 1.29 is 43.8 Å². The zero-order chi connectivity index (χ0) is 29.7. The molecule has 0 fully saturated rings. The molecule has 5 aromatic rings. The van der Waals surface area contributed by atoms with E-state index in [0.717, 1.165) is 12.1 Å². The summed E-state index contributed by atoms with van der Waals surface area (Å²) < 4.78 is 22.7. The molecule has 6 rings (SSSR count). The van der Waals surface area contributed by atoms with Crippen molar-refractivity contribution >= 4 is 16.8 Å². The molecular weight excluding hydrogens is 544 g/mol. The van der Waals surface area contributed by atoms with Gasteiger partial charge in [-0.25, -0.2) is 0 Å². The maximum Gasteiger partial charge on any atom is 0.197 e. The molecule has 4 N–H and O–H groups in total. The van der Waals surface area contributed by atoms with Crippen LogP contribution in [0.4, 0.5) is 0 Å². The first-order valence-electron chi connectivity index (χ1n) is 12.8. The van der Waals surface area contributed by atoms with Crippen molar-refractivity contribution in [2.45, 2.75) is 12.5 Å². The summed E-state index contributed by atoms with van der Waals surface area (Å²) in [5, 5.41) is 43.2. The van der Waals surface area contributed by atoms with E-state index in [1.54, 1.807) is 48.5 Å². The van der Waals surface area contributed by atoms with Gasteiger partial charge < -0.3 is 39.1 Å². The smallest absolute Gasteiger partial charge is 0.197 e. The summed E-state index contributed by atoms with van der Waals surface area (Å²) in [5.74, 6) is -1.62. The minimum Gasteiger partial charge on any atom is -0.507 e. The number of Topliss-reactive ketones (excluding diaryl/α,β-unsaturated/α-hetero) is 1. The number of carbonyl (C=O) groups excluding carboxylic acids is 1. The lowest BCUT2D eigenvalue weighted by Gasteiger charge is -2.28. The van der Waals surface area contributed by atoms with Crippen LogP contribution in [0.5, 0.6) is 40.2 Å². The number of hydrogen-bond donors (Lipinski definition) is 4. The Hall–Kier alpha value is -5.64. The zero-order valence-corrected chi connectivity index (χ0v) is 22.4. The lowest BCUT2D eigenvalue weighted by atomic mass is 9.90. The summed E-state index contributed by atoms with van der Waals surface area (Å²) in [6, 6.07) is 16.6. The standard InChI is InChI=1S/C32H24O10/c1-39-17-7-3-15(4-8-17)25-13-23(37)27-19(33)11-21(35)29(31(27)41-25)30-22(36)12-20(34)28-24(38)14-26(42-32(28)30)16-5-9-18(40-2)10-6-16/h3-13,26,33-36H,14H2,1-2H3/t26-/m1/s1. The van der Waals surface area contributed by atoms with Crippen LogP contribution in [0.25, 0.3) is 33.4 Å².